The highest BCUT2D eigenvalue weighted by Gasteiger charge is 2.06. The van der Waals surface area contributed by atoms with E-state index in [0.717, 1.165) is 20.9 Å². The molecule has 0 radical (unpaired) electrons. The Morgan fingerprint density at radius 2 is 2.09 bits per heavy atom. The molecule has 0 aliphatic carbocycles. The minimum Gasteiger partial charge on any atom is -0.484 e. The number of ether oxygens (including phenoxy) is 1. The van der Waals surface area contributed by atoms with Gasteiger partial charge < -0.3 is 10.1 Å². The number of carbonyl (C=O) groups excluding carboxylic acids is 1. The summed E-state index contributed by atoms with van der Waals surface area (Å²) >= 11 is 1.59. The van der Waals surface area contributed by atoms with Crippen molar-refractivity contribution < 1.29 is 9.53 Å². The molecule has 0 aliphatic rings. The van der Waals surface area contributed by atoms with Crippen LogP contribution in [0.5, 0.6) is 5.75 Å². The fraction of sp³-hybridized carbons (Fsp3) is 0.118. The Hall–Kier alpha value is -2.91. The van der Waals surface area contributed by atoms with Gasteiger partial charge in [0.2, 0.25) is 0 Å². The lowest BCUT2D eigenvalue weighted by Crippen LogP contribution is -2.20. The number of benzene rings is 2. The summed E-state index contributed by atoms with van der Waals surface area (Å²) in [5.41, 5.74) is 2.20. The van der Waals surface area contributed by atoms with E-state index in [4.69, 9.17) is 10.00 Å². The van der Waals surface area contributed by atoms with Crippen LogP contribution in [0.3, 0.4) is 0 Å². The fourth-order valence-electron chi connectivity index (χ4n) is 2.09. The molecule has 0 spiro atoms. The summed E-state index contributed by atoms with van der Waals surface area (Å²) in [4.78, 5) is 16.3. The first-order chi connectivity index (χ1) is 11.1. The lowest BCUT2D eigenvalue weighted by Gasteiger charge is -2.07. The van der Waals surface area contributed by atoms with Crippen LogP contribution in [0.4, 0.5) is 5.69 Å². The van der Waals surface area contributed by atoms with Gasteiger partial charge in [-0.1, -0.05) is 0 Å². The van der Waals surface area contributed by atoms with Crippen molar-refractivity contribution in [2.24, 2.45) is 0 Å². The first-order valence-corrected chi connectivity index (χ1v) is 7.76. The molecule has 3 rings (SSSR count). The van der Waals surface area contributed by atoms with E-state index in [9.17, 15) is 4.79 Å². The van der Waals surface area contributed by atoms with Crippen LogP contribution in [0.15, 0.2) is 42.5 Å². The standard InChI is InChI=1S/C17H13N3O2S/c1-11-19-15-7-4-13(8-16(15)23-11)20-17(21)10-22-14-5-2-12(9-18)3-6-14/h2-8H,10H2,1H3,(H,20,21). The molecule has 23 heavy (non-hydrogen) atoms. The Morgan fingerprint density at radius 3 is 2.83 bits per heavy atom. The number of nitrogens with one attached hydrogen (secondary N) is 1. The Morgan fingerprint density at radius 1 is 1.30 bits per heavy atom. The van der Waals surface area contributed by atoms with Crippen LogP contribution in [0.25, 0.3) is 10.2 Å². The van der Waals surface area contributed by atoms with Crippen LogP contribution in [-0.2, 0) is 4.79 Å². The molecule has 0 unspecified atom stereocenters. The van der Waals surface area contributed by atoms with Gasteiger partial charge in [-0.2, -0.15) is 5.26 Å². The maximum Gasteiger partial charge on any atom is 0.262 e. The topological polar surface area (TPSA) is 75.0 Å². The van der Waals surface area contributed by atoms with E-state index >= 15 is 0 Å². The van der Waals surface area contributed by atoms with Crippen molar-refractivity contribution in [2.75, 3.05) is 11.9 Å². The zero-order valence-electron chi connectivity index (χ0n) is 12.4. The Kier molecular flexibility index (Phi) is 4.22. The third kappa shape index (κ3) is 3.65. The molecule has 114 valence electrons. The summed E-state index contributed by atoms with van der Waals surface area (Å²) in [6, 6.07) is 14.3. The number of hydrogen-bond donors (Lipinski definition) is 1. The van der Waals surface area contributed by atoms with Crippen molar-refractivity contribution in [3.05, 3.63) is 53.0 Å². The highest BCUT2D eigenvalue weighted by atomic mass is 32.1. The highest BCUT2D eigenvalue weighted by molar-refractivity contribution is 7.18. The molecule has 0 bridgehead atoms. The van der Waals surface area contributed by atoms with Crippen LogP contribution < -0.4 is 10.1 Å². The van der Waals surface area contributed by atoms with Crippen LogP contribution in [0.2, 0.25) is 0 Å². The number of aromatic nitrogens is 1. The van der Waals surface area contributed by atoms with Crippen LogP contribution in [0, 0.1) is 18.3 Å². The zero-order chi connectivity index (χ0) is 16.2. The first kappa shape index (κ1) is 15.0. The molecule has 6 heteroatoms. The van der Waals surface area contributed by atoms with Gasteiger partial charge >= 0.3 is 0 Å². The minimum atomic E-state index is -0.241. The van der Waals surface area contributed by atoms with Crippen molar-refractivity contribution in [1.82, 2.24) is 4.98 Å². The number of rotatable bonds is 4. The first-order valence-electron chi connectivity index (χ1n) is 6.94. The second-order valence-electron chi connectivity index (χ2n) is 4.89. The third-order valence-corrected chi connectivity index (χ3v) is 4.07. The number of fused-ring (bicyclic) bond motifs is 1. The normalized spacial score (nSPS) is 10.3. The number of thiazole rings is 1. The largest absolute Gasteiger partial charge is 0.484 e. The van der Waals surface area contributed by atoms with E-state index in [1.165, 1.54) is 0 Å². The zero-order valence-corrected chi connectivity index (χ0v) is 13.2. The summed E-state index contributed by atoms with van der Waals surface area (Å²) in [6.45, 7) is 1.86. The quantitative estimate of drug-likeness (QED) is 0.797. The van der Waals surface area contributed by atoms with Crippen molar-refractivity contribution in [2.45, 2.75) is 6.92 Å². The monoisotopic (exact) mass is 323 g/mol. The molecule has 1 heterocycles. The van der Waals surface area contributed by atoms with Crippen molar-refractivity contribution in [1.29, 1.82) is 5.26 Å². The van der Waals surface area contributed by atoms with E-state index in [-0.39, 0.29) is 12.5 Å². The smallest absolute Gasteiger partial charge is 0.262 e. The van der Waals surface area contributed by atoms with Crippen molar-refractivity contribution in [3.8, 4) is 11.8 Å². The molecule has 0 fully saturated rings. The molecule has 0 atom stereocenters. The van der Waals surface area contributed by atoms with Crippen LogP contribution in [-0.4, -0.2) is 17.5 Å². The molecular weight excluding hydrogens is 310 g/mol. The molecule has 3 aromatic rings. The number of nitrogens with zero attached hydrogens (tertiary/aromatic N) is 2. The third-order valence-electron chi connectivity index (χ3n) is 3.13. The van der Waals surface area contributed by atoms with E-state index in [0.29, 0.717) is 11.3 Å². The van der Waals surface area contributed by atoms with E-state index in [2.05, 4.69) is 10.3 Å². The maximum atomic E-state index is 11.9. The van der Waals surface area contributed by atoms with Gasteiger partial charge in [0.1, 0.15) is 5.75 Å². The fourth-order valence-corrected chi connectivity index (χ4v) is 2.96. The molecule has 5 nitrogen and oxygen atoms in total. The number of amides is 1. The second-order valence-corrected chi connectivity index (χ2v) is 6.12. The number of carbonyl (C=O) groups is 1. The van der Waals surface area contributed by atoms with Crippen molar-refractivity contribution in [3.63, 3.8) is 0 Å². The summed E-state index contributed by atoms with van der Waals surface area (Å²) in [5.74, 6) is 0.308. The van der Waals surface area contributed by atoms with Gasteiger partial charge in [0.25, 0.3) is 5.91 Å². The Balaban J connectivity index is 1.60. The number of nitriles is 1. The SMILES string of the molecule is Cc1nc2ccc(NC(=O)COc3ccc(C#N)cc3)cc2s1. The average molecular weight is 323 g/mol. The van der Waals surface area contributed by atoms with E-state index in [1.54, 1.807) is 35.6 Å². The van der Waals surface area contributed by atoms with Crippen LogP contribution in [0.1, 0.15) is 10.6 Å². The second kappa shape index (κ2) is 6.46. The number of aryl methyl sites for hydroxylation is 1. The average Bonchev–Trinajstić information content (AvgIpc) is 2.92. The highest BCUT2D eigenvalue weighted by Crippen LogP contribution is 2.24. The van der Waals surface area contributed by atoms with Crippen LogP contribution >= 0.6 is 11.3 Å². The lowest BCUT2D eigenvalue weighted by atomic mass is 10.2. The molecular formula is C17H13N3O2S. The molecule has 1 amide bonds. The van der Waals surface area contributed by atoms with Gasteiger partial charge in [0.05, 0.1) is 26.9 Å². The predicted octanol–water partition coefficient (Wildman–Crippen LogP) is 3.49. The summed E-state index contributed by atoms with van der Waals surface area (Å²) in [7, 11) is 0. The summed E-state index contributed by atoms with van der Waals surface area (Å²) in [6.07, 6.45) is 0. The maximum absolute atomic E-state index is 11.9. The number of hydrogen-bond acceptors (Lipinski definition) is 5. The lowest BCUT2D eigenvalue weighted by molar-refractivity contribution is -0.118. The van der Waals surface area contributed by atoms with Gasteiger partial charge in [-0.3, -0.25) is 4.79 Å². The molecule has 1 aromatic heterocycles. The molecule has 1 N–H and O–H groups in total. The molecule has 0 saturated carbocycles. The number of anilines is 1. The molecule has 0 aliphatic heterocycles. The minimum absolute atomic E-state index is 0.0916. The van der Waals surface area contributed by atoms with Gasteiger partial charge in [-0.05, 0) is 49.4 Å². The van der Waals surface area contributed by atoms with Gasteiger partial charge in [0.15, 0.2) is 6.61 Å². The Bertz CT molecular complexity index is 894. The van der Waals surface area contributed by atoms with Gasteiger partial charge in [0, 0.05) is 5.69 Å². The Labute approximate surface area is 137 Å². The molecule has 0 saturated heterocycles. The molecule has 2 aromatic carbocycles. The van der Waals surface area contributed by atoms with Gasteiger partial charge in [-0.25, -0.2) is 4.98 Å². The summed E-state index contributed by atoms with van der Waals surface area (Å²) in [5, 5.41) is 12.5. The predicted molar refractivity (Wildman–Crippen MR) is 89.6 cm³/mol. The van der Waals surface area contributed by atoms with E-state index < -0.39 is 0 Å². The summed E-state index contributed by atoms with van der Waals surface area (Å²) < 4.78 is 6.44. The van der Waals surface area contributed by atoms with Gasteiger partial charge in [-0.15, -0.1) is 11.3 Å². The van der Waals surface area contributed by atoms with Crippen molar-refractivity contribution >= 4 is 33.1 Å². The van der Waals surface area contributed by atoms with E-state index in [1.807, 2.05) is 31.2 Å².